The predicted octanol–water partition coefficient (Wildman–Crippen LogP) is 4.39. The van der Waals surface area contributed by atoms with Crippen molar-refractivity contribution in [2.24, 2.45) is 10.9 Å². The second-order valence-corrected chi connectivity index (χ2v) is 6.90. The second kappa shape index (κ2) is 11.3. The van der Waals surface area contributed by atoms with Crippen LogP contribution in [-0.2, 0) is 6.54 Å². The highest BCUT2D eigenvalue weighted by atomic mass is 127. The molecule has 1 fully saturated rings. The zero-order chi connectivity index (χ0) is 20.7. The first-order valence-electron chi connectivity index (χ1n) is 9.53. The molecule has 0 aromatic heterocycles. The molecule has 164 valence electrons. The number of ether oxygens (including phenoxy) is 1. The molecular weight excluding hydrogens is 508 g/mol. The number of alkyl halides is 3. The lowest BCUT2D eigenvalue weighted by Gasteiger charge is -2.19. The van der Waals surface area contributed by atoms with Crippen molar-refractivity contribution in [3.05, 3.63) is 60.2 Å². The summed E-state index contributed by atoms with van der Waals surface area (Å²) in [6, 6.07) is 16.4. The van der Waals surface area contributed by atoms with E-state index in [1.807, 2.05) is 18.2 Å². The Balaban J connectivity index is 0.00000320. The maximum Gasteiger partial charge on any atom is 0.573 e. The zero-order valence-corrected chi connectivity index (χ0v) is 19.0. The quantitative estimate of drug-likeness (QED) is 0.328. The fourth-order valence-corrected chi connectivity index (χ4v) is 3.39. The van der Waals surface area contributed by atoms with E-state index in [0.29, 0.717) is 17.4 Å². The van der Waals surface area contributed by atoms with Crippen molar-refractivity contribution >= 4 is 35.6 Å². The maximum atomic E-state index is 12.6. The number of para-hydroxylation sites is 2. The van der Waals surface area contributed by atoms with Crippen molar-refractivity contribution in [2.45, 2.75) is 19.3 Å². The lowest BCUT2D eigenvalue weighted by atomic mass is 10.1. The number of nitrogens with zero attached hydrogens (tertiary/aromatic N) is 2. The minimum Gasteiger partial charge on any atom is -0.405 e. The Morgan fingerprint density at radius 1 is 1.10 bits per heavy atom. The van der Waals surface area contributed by atoms with E-state index >= 15 is 0 Å². The number of anilines is 1. The van der Waals surface area contributed by atoms with Gasteiger partial charge in [0, 0.05) is 44.5 Å². The molecule has 9 heteroatoms. The van der Waals surface area contributed by atoms with E-state index < -0.39 is 6.36 Å². The zero-order valence-electron chi connectivity index (χ0n) is 16.7. The van der Waals surface area contributed by atoms with Gasteiger partial charge in [-0.15, -0.1) is 37.1 Å². The average molecular weight is 534 g/mol. The Morgan fingerprint density at radius 3 is 2.50 bits per heavy atom. The number of aliphatic imine (C=N–C) groups is 1. The minimum absolute atomic E-state index is 0. The summed E-state index contributed by atoms with van der Waals surface area (Å²) in [5.41, 5.74) is 1.63. The maximum absolute atomic E-state index is 12.6. The molecule has 0 bridgehead atoms. The van der Waals surface area contributed by atoms with Gasteiger partial charge >= 0.3 is 6.36 Å². The Hall–Kier alpha value is -2.17. The van der Waals surface area contributed by atoms with Gasteiger partial charge in [0.05, 0.1) is 0 Å². The number of benzene rings is 2. The van der Waals surface area contributed by atoms with Crippen LogP contribution in [0, 0.1) is 5.92 Å². The van der Waals surface area contributed by atoms with Gasteiger partial charge in [0.1, 0.15) is 5.75 Å². The summed E-state index contributed by atoms with van der Waals surface area (Å²) in [5, 5.41) is 6.33. The molecule has 1 saturated heterocycles. The number of halogens is 4. The van der Waals surface area contributed by atoms with Gasteiger partial charge in [-0.1, -0.05) is 36.4 Å². The van der Waals surface area contributed by atoms with Crippen molar-refractivity contribution in [1.82, 2.24) is 10.6 Å². The highest BCUT2D eigenvalue weighted by Gasteiger charge is 2.32. The van der Waals surface area contributed by atoms with Crippen molar-refractivity contribution in [3.63, 3.8) is 0 Å². The fourth-order valence-electron chi connectivity index (χ4n) is 3.39. The molecule has 30 heavy (non-hydrogen) atoms. The van der Waals surface area contributed by atoms with Crippen LogP contribution >= 0.6 is 24.0 Å². The van der Waals surface area contributed by atoms with Crippen molar-refractivity contribution in [2.75, 3.05) is 31.6 Å². The van der Waals surface area contributed by atoms with E-state index in [0.717, 1.165) is 26.1 Å². The van der Waals surface area contributed by atoms with Crippen LogP contribution in [-0.4, -0.2) is 39.0 Å². The van der Waals surface area contributed by atoms with E-state index in [1.54, 1.807) is 19.2 Å². The molecule has 2 aromatic carbocycles. The minimum atomic E-state index is -4.72. The van der Waals surface area contributed by atoms with Gasteiger partial charge in [0.15, 0.2) is 5.96 Å². The predicted molar refractivity (Wildman–Crippen MR) is 124 cm³/mol. The molecular formula is C21H26F3IN4O. The molecule has 0 aliphatic carbocycles. The molecule has 2 aromatic rings. The van der Waals surface area contributed by atoms with Gasteiger partial charge < -0.3 is 20.3 Å². The first-order chi connectivity index (χ1) is 13.9. The van der Waals surface area contributed by atoms with Crippen LogP contribution in [0.1, 0.15) is 12.0 Å². The SMILES string of the molecule is CN=C(NCc1ccccc1OC(F)(F)F)NCC1CCN(c2ccccc2)C1.I. The summed E-state index contributed by atoms with van der Waals surface area (Å²) < 4.78 is 41.7. The van der Waals surface area contributed by atoms with Crippen LogP contribution in [0.2, 0.25) is 0 Å². The first kappa shape index (κ1) is 24.1. The Labute approximate surface area is 191 Å². The third kappa shape index (κ3) is 7.26. The normalized spacial score (nSPS) is 16.7. The Kier molecular flexibility index (Phi) is 9.07. The van der Waals surface area contributed by atoms with Crippen molar-refractivity contribution in [1.29, 1.82) is 0 Å². The summed E-state index contributed by atoms with van der Waals surface area (Å²) in [5.74, 6) is 0.803. The standard InChI is InChI=1S/C21H25F3N4O.HI/c1-25-20(27-14-17-7-5-6-10-19(17)29-21(22,23)24)26-13-16-11-12-28(15-16)18-8-3-2-4-9-18;/h2-10,16H,11-15H2,1H3,(H2,25,26,27);1H. The van der Waals surface area contributed by atoms with Crippen molar-refractivity contribution in [3.8, 4) is 5.75 Å². The summed E-state index contributed by atoms with van der Waals surface area (Å²) in [4.78, 5) is 6.52. The number of nitrogens with one attached hydrogen (secondary N) is 2. The number of hydrogen-bond acceptors (Lipinski definition) is 3. The molecule has 0 radical (unpaired) electrons. The second-order valence-electron chi connectivity index (χ2n) is 6.90. The average Bonchev–Trinajstić information content (AvgIpc) is 3.18. The molecule has 0 saturated carbocycles. The largest absolute Gasteiger partial charge is 0.573 e. The van der Waals surface area contributed by atoms with Crippen molar-refractivity contribution < 1.29 is 17.9 Å². The van der Waals surface area contributed by atoms with Gasteiger partial charge in [-0.25, -0.2) is 0 Å². The molecule has 1 aliphatic heterocycles. The lowest BCUT2D eigenvalue weighted by Crippen LogP contribution is -2.40. The topological polar surface area (TPSA) is 48.9 Å². The van der Waals surface area contributed by atoms with Crippen LogP contribution in [0.15, 0.2) is 59.6 Å². The molecule has 5 nitrogen and oxygen atoms in total. The first-order valence-corrected chi connectivity index (χ1v) is 9.53. The molecule has 3 rings (SSSR count). The summed E-state index contributed by atoms with van der Waals surface area (Å²) in [6.07, 6.45) is -3.65. The van der Waals surface area contributed by atoms with Gasteiger partial charge in [0.2, 0.25) is 0 Å². The van der Waals surface area contributed by atoms with Crippen LogP contribution in [0.3, 0.4) is 0 Å². The third-order valence-corrected chi connectivity index (χ3v) is 4.83. The summed E-state index contributed by atoms with van der Waals surface area (Å²) in [6.45, 7) is 2.87. The monoisotopic (exact) mass is 534 g/mol. The smallest absolute Gasteiger partial charge is 0.405 e. The fraction of sp³-hybridized carbons (Fsp3) is 0.381. The molecule has 2 N–H and O–H groups in total. The summed E-state index contributed by atoms with van der Waals surface area (Å²) >= 11 is 0. The Bertz CT molecular complexity index is 817. The van der Waals surface area contributed by atoms with Crippen LogP contribution in [0.25, 0.3) is 0 Å². The van der Waals surface area contributed by atoms with Gasteiger partial charge in [0.25, 0.3) is 0 Å². The number of guanidine groups is 1. The van der Waals surface area contributed by atoms with Crippen LogP contribution in [0.4, 0.5) is 18.9 Å². The Morgan fingerprint density at radius 2 is 1.80 bits per heavy atom. The van der Waals surface area contributed by atoms with Crippen LogP contribution in [0.5, 0.6) is 5.75 Å². The van der Waals surface area contributed by atoms with E-state index in [4.69, 9.17) is 0 Å². The molecule has 1 atom stereocenters. The molecule has 0 amide bonds. The van der Waals surface area contributed by atoms with E-state index in [2.05, 4.69) is 37.4 Å². The van der Waals surface area contributed by atoms with Crippen LogP contribution < -0.4 is 20.3 Å². The lowest BCUT2D eigenvalue weighted by molar-refractivity contribution is -0.274. The summed E-state index contributed by atoms with van der Waals surface area (Å²) in [7, 11) is 1.64. The van der Waals surface area contributed by atoms with E-state index in [9.17, 15) is 13.2 Å². The number of hydrogen-bond donors (Lipinski definition) is 2. The molecule has 0 spiro atoms. The van der Waals surface area contributed by atoms with E-state index in [1.165, 1.54) is 17.8 Å². The van der Waals surface area contributed by atoms with Gasteiger partial charge in [-0.2, -0.15) is 0 Å². The van der Waals surface area contributed by atoms with E-state index in [-0.39, 0.29) is 36.3 Å². The highest BCUT2D eigenvalue weighted by molar-refractivity contribution is 14.0. The van der Waals surface area contributed by atoms with Gasteiger partial charge in [-0.3, -0.25) is 4.99 Å². The molecule has 1 heterocycles. The third-order valence-electron chi connectivity index (χ3n) is 4.83. The number of rotatable bonds is 6. The van der Waals surface area contributed by atoms with Gasteiger partial charge in [-0.05, 0) is 30.5 Å². The highest BCUT2D eigenvalue weighted by Crippen LogP contribution is 2.26. The molecule has 1 unspecified atom stereocenters. The molecule has 1 aliphatic rings.